The van der Waals surface area contributed by atoms with Crippen LogP contribution in [-0.4, -0.2) is 55.1 Å². The molecule has 2 aromatic carbocycles. The van der Waals surface area contributed by atoms with Gasteiger partial charge in [0, 0.05) is 49.3 Å². The number of benzene rings is 2. The third-order valence-electron chi connectivity index (χ3n) is 5.30. The summed E-state index contributed by atoms with van der Waals surface area (Å²) < 4.78 is 5.15. The number of hydrogen-bond donors (Lipinski definition) is 4. The summed E-state index contributed by atoms with van der Waals surface area (Å²) in [5, 5.41) is 12.9. The molecule has 0 spiro atoms. The van der Waals surface area contributed by atoms with Crippen molar-refractivity contribution in [1.29, 1.82) is 0 Å². The van der Waals surface area contributed by atoms with E-state index in [-0.39, 0.29) is 11.8 Å². The lowest BCUT2D eigenvalue weighted by Crippen LogP contribution is -2.30. The molecule has 0 radical (unpaired) electrons. The first-order valence-corrected chi connectivity index (χ1v) is 12.0. The first-order chi connectivity index (χ1) is 17.4. The Balaban J connectivity index is 1.63. The molecule has 1 heterocycles. The fraction of sp³-hybridized carbons (Fsp3) is 0.308. The summed E-state index contributed by atoms with van der Waals surface area (Å²) in [5.74, 6) is 2.45. The molecule has 4 N–H and O–H groups in total. The van der Waals surface area contributed by atoms with Crippen LogP contribution in [0.25, 0.3) is 11.4 Å². The Morgan fingerprint density at radius 1 is 0.861 bits per heavy atom. The zero-order valence-corrected chi connectivity index (χ0v) is 21.4. The van der Waals surface area contributed by atoms with Crippen LogP contribution in [0.5, 0.6) is 5.75 Å². The van der Waals surface area contributed by atoms with Crippen LogP contribution < -0.4 is 26.0 Å². The van der Waals surface area contributed by atoms with E-state index in [2.05, 4.69) is 26.3 Å². The minimum Gasteiger partial charge on any atom is -0.497 e. The minimum atomic E-state index is -0.0885. The number of hydrogen-bond acceptors (Lipinski definition) is 7. The lowest BCUT2D eigenvalue weighted by molar-refractivity contribution is -0.120. The van der Waals surface area contributed by atoms with Crippen LogP contribution in [0.2, 0.25) is 5.02 Å². The van der Waals surface area contributed by atoms with Crippen molar-refractivity contribution in [1.82, 2.24) is 20.6 Å². The molecule has 190 valence electrons. The van der Waals surface area contributed by atoms with E-state index in [4.69, 9.17) is 21.3 Å². The van der Waals surface area contributed by atoms with E-state index >= 15 is 0 Å². The molecule has 36 heavy (non-hydrogen) atoms. The fourth-order valence-corrected chi connectivity index (χ4v) is 3.51. The van der Waals surface area contributed by atoms with Crippen LogP contribution in [0.3, 0.4) is 0 Å². The maximum atomic E-state index is 12.3. The molecule has 0 bridgehead atoms. The summed E-state index contributed by atoms with van der Waals surface area (Å²) in [4.78, 5) is 32.8. The number of nitrogens with zero attached hydrogens (tertiary/aromatic N) is 2. The monoisotopic (exact) mass is 510 g/mol. The van der Waals surface area contributed by atoms with E-state index in [1.807, 2.05) is 43.3 Å². The maximum Gasteiger partial charge on any atom is 0.224 e. The summed E-state index contributed by atoms with van der Waals surface area (Å²) in [6.45, 7) is 5.29. The highest BCUT2D eigenvalue weighted by molar-refractivity contribution is 6.30. The SMILES string of the molecule is COc1ccc(CC(=O)NCCNc2nc(-c3ccc(Cl)cc3)nc(NCCNC(C)=O)c2C)cc1. The van der Waals surface area contributed by atoms with E-state index in [1.165, 1.54) is 6.92 Å². The van der Waals surface area contributed by atoms with Crippen molar-refractivity contribution in [3.63, 3.8) is 0 Å². The van der Waals surface area contributed by atoms with Crippen LogP contribution in [-0.2, 0) is 16.0 Å². The topological polar surface area (TPSA) is 117 Å². The van der Waals surface area contributed by atoms with Crippen molar-refractivity contribution >= 4 is 35.1 Å². The first-order valence-electron chi connectivity index (χ1n) is 11.6. The Bertz CT molecular complexity index is 1170. The number of amides is 2. The molecule has 9 nitrogen and oxygen atoms in total. The number of carbonyl (C=O) groups excluding carboxylic acids is 2. The highest BCUT2D eigenvalue weighted by atomic mass is 35.5. The van der Waals surface area contributed by atoms with Crippen LogP contribution in [0.15, 0.2) is 48.5 Å². The van der Waals surface area contributed by atoms with E-state index in [0.717, 1.165) is 22.4 Å². The second kappa shape index (κ2) is 13.3. The van der Waals surface area contributed by atoms with Gasteiger partial charge in [-0.25, -0.2) is 9.97 Å². The van der Waals surface area contributed by atoms with Crippen molar-refractivity contribution in [2.45, 2.75) is 20.3 Å². The number of nitrogens with one attached hydrogen (secondary N) is 4. The van der Waals surface area contributed by atoms with Gasteiger partial charge in [-0.1, -0.05) is 23.7 Å². The van der Waals surface area contributed by atoms with Crippen LogP contribution in [0, 0.1) is 6.92 Å². The van der Waals surface area contributed by atoms with Gasteiger partial charge in [0.05, 0.1) is 13.5 Å². The number of ether oxygens (including phenoxy) is 1. The molecular formula is C26H31ClN6O3. The number of rotatable bonds is 12. The normalized spacial score (nSPS) is 10.4. The largest absolute Gasteiger partial charge is 0.497 e. The summed E-state index contributed by atoms with van der Waals surface area (Å²) in [6, 6.07) is 14.7. The van der Waals surface area contributed by atoms with Crippen molar-refractivity contribution in [3.8, 4) is 17.1 Å². The Kier molecular flexibility index (Phi) is 9.88. The van der Waals surface area contributed by atoms with E-state index in [9.17, 15) is 9.59 Å². The second-order valence-corrected chi connectivity index (χ2v) is 8.52. The Morgan fingerprint density at radius 2 is 1.44 bits per heavy atom. The number of carbonyl (C=O) groups is 2. The van der Waals surface area contributed by atoms with Gasteiger partial charge >= 0.3 is 0 Å². The highest BCUT2D eigenvalue weighted by Crippen LogP contribution is 2.26. The molecule has 10 heteroatoms. The van der Waals surface area contributed by atoms with Crippen molar-refractivity contribution in [2.24, 2.45) is 0 Å². The average Bonchev–Trinajstić information content (AvgIpc) is 2.87. The predicted octanol–water partition coefficient (Wildman–Crippen LogP) is 3.43. The fourth-order valence-electron chi connectivity index (χ4n) is 3.38. The summed E-state index contributed by atoms with van der Waals surface area (Å²) >= 11 is 6.03. The lowest BCUT2D eigenvalue weighted by atomic mass is 10.1. The lowest BCUT2D eigenvalue weighted by Gasteiger charge is -2.16. The molecule has 2 amide bonds. The first kappa shape index (κ1) is 26.7. The molecule has 0 unspecified atom stereocenters. The van der Waals surface area contributed by atoms with Crippen LogP contribution >= 0.6 is 11.6 Å². The molecule has 0 saturated heterocycles. The molecule has 0 saturated carbocycles. The number of halogens is 1. The summed E-state index contributed by atoms with van der Waals surface area (Å²) in [5.41, 5.74) is 2.57. The second-order valence-electron chi connectivity index (χ2n) is 8.09. The zero-order chi connectivity index (χ0) is 25.9. The third-order valence-corrected chi connectivity index (χ3v) is 5.55. The van der Waals surface area contributed by atoms with Crippen molar-refractivity contribution in [3.05, 3.63) is 64.7 Å². The van der Waals surface area contributed by atoms with Gasteiger partial charge in [0.1, 0.15) is 17.4 Å². The molecule has 0 fully saturated rings. The molecule has 3 rings (SSSR count). The molecular weight excluding hydrogens is 480 g/mol. The van der Waals surface area contributed by atoms with E-state index < -0.39 is 0 Å². The van der Waals surface area contributed by atoms with Gasteiger partial charge in [-0.3, -0.25) is 9.59 Å². The van der Waals surface area contributed by atoms with Crippen LogP contribution in [0.4, 0.5) is 11.6 Å². The van der Waals surface area contributed by atoms with Gasteiger partial charge in [-0.05, 0) is 48.9 Å². The van der Waals surface area contributed by atoms with Crippen LogP contribution in [0.1, 0.15) is 18.1 Å². The van der Waals surface area contributed by atoms with Crippen molar-refractivity contribution < 1.29 is 14.3 Å². The Morgan fingerprint density at radius 3 is 2.00 bits per heavy atom. The third kappa shape index (κ3) is 8.13. The van der Waals surface area contributed by atoms with Gasteiger partial charge in [0.25, 0.3) is 0 Å². The highest BCUT2D eigenvalue weighted by Gasteiger charge is 2.13. The molecule has 1 aromatic heterocycles. The standard InChI is InChI=1S/C26H31ClN6O3/c1-17-24(30-14-12-28-18(2)34)32-26(20-6-8-21(27)9-7-20)33-25(17)31-15-13-29-23(35)16-19-4-10-22(36-3)11-5-19/h4-11H,12-16H2,1-3H3,(H,28,34)(H,29,35)(H2,30,31,32,33). The minimum absolute atomic E-state index is 0.0662. The average molecular weight is 511 g/mol. The number of methoxy groups -OCH3 is 1. The van der Waals surface area contributed by atoms with Gasteiger partial charge in [0.15, 0.2) is 5.82 Å². The smallest absolute Gasteiger partial charge is 0.224 e. The van der Waals surface area contributed by atoms with E-state index in [1.54, 1.807) is 19.2 Å². The van der Waals surface area contributed by atoms with E-state index in [0.29, 0.717) is 55.1 Å². The number of aromatic nitrogens is 2. The van der Waals surface area contributed by atoms with Gasteiger partial charge in [-0.15, -0.1) is 0 Å². The summed E-state index contributed by atoms with van der Waals surface area (Å²) in [6.07, 6.45) is 0.291. The zero-order valence-electron chi connectivity index (χ0n) is 20.7. The molecule has 0 aliphatic heterocycles. The molecule has 3 aromatic rings. The quantitative estimate of drug-likeness (QED) is 0.276. The predicted molar refractivity (Wildman–Crippen MR) is 143 cm³/mol. The Labute approximate surface area is 216 Å². The Hall–Kier alpha value is -3.85. The molecule has 0 atom stereocenters. The molecule has 0 aliphatic carbocycles. The maximum absolute atomic E-state index is 12.3. The van der Waals surface area contributed by atoms with Gasteiger partial charge in [0.2, 0.25) is 11.8 Å². The van der Waals surface area contributed by atoms with Crippen molar-refractivity contribution in [2.75, 3.05) is 43.9 Å². The molecule has 0 aliphatic rings. The summed E-state index contributed by atoms with van der Waals surface area (Å²) in [7, 11) is 1.61. The van der Waals surface area contributed by atoms with Gasteiger partial charge < -0.3 is 26.0 Å². The van der Waals surface area contributed by atoms with Gasteiger partial charge in [-0.2, -0.15) is 0 Å². The number of anilines is 2.